The van der Waals surface area contributed by atoms with E-state index in [9.17, 15) is 13.2 Å². The number of alkyl halides is 3. The van der Waals surface area contributed by atoms with Crippen LogP contribution in [0.5, 0.6) is 0 Å². The Hall–Kier alpha value is -2.48. The second kappa shape index (κ2) is 6.20. The number of pyridine rings is 2. The molecule has 3 aromatic rings. The topological polar surface area (TPSA) is 69.6 Å². The van der Waals surface area contributed by atoms with E-state index in [-0.39, 0.29) is 16.7 Å². The maximum atomic E-state index is 13.6. The van der Waals surface area contributed by atoms with Gasteiger partial charge in [-0.1, -0.05) is 0 Å². The van der Waals surface area contributed by atoms with Crippen molar-refractivity contribution in [2.75, 3.05) is 6.54 Å². The summed E-state index contributed by atoms with van der Waals surface area (Å²) in [6.07, 6.45) is -0.842. The SMILES string of the molecule is Cc1nn(CCCN)c2nc(-c3cccnc3)cc(C(F)(F)F)c12. The molecule has 0 amide bonds. The number of rotatable bonds is 4. The molecule has 0 fully saturated rings. The van der Waals surface area contributed by atoms with Crippen LogP contribution in [0.3, 0.4) is 0 Å². The number of aryl methyl sites for hydroxylation is 2. The minimum Gasteiger partial charge on any atom is -0.330 e. The third kappa shape index (κ3) is 2.96. The molecule has 0 bridgehead atoms. The summed E-state index contributed by atoms with van der Waals surface area (Å²) in [4.78, 5) is 8.36. The van der Waals surface area contributed by atoms with Crippen molar-refractivity contribution in [3.63, 3.8) is 0 Å². The molecule has 0 spiro atoms. The lowest BCUT2D eigenvalue weighted by Gasteiger charge is -2.11. The highest BCUT2D eigenvalue weighted by Crippen LogP contribution is 2.37. The van der Waals surface area contributed by atoms with Crippen LogP contribution in [-0.2, 0) is 12.7 Å². The van der Waals surface area contributed by atoms with E-state index in [0.29, 0.717) is 30.8 Å². The third-order valence-electron chi connectivity index (χ3n) is 3.71. The monoisotopic (exact) mass is 335 g/mol. The quantitative estimate of drug-likeness (QED) is 0.795. The maximum Gasteiger partial charge on any atom is 0.417 e. The summed E-state index contributed by atoms with van der Waals surface area (Å²) in [5.74, 6) is 0. The minimum atomic E-state index is -4.50. The van der Waals surface area contributed by atoms with Gasteiger partial charge in [0.1, 0.15) is 0 Å². The molecule has 0 radical (unpaired) electrons. The summed E-state index contributed by atoms with van der Waals surface area (Å²) in [5.41, 5.74) is 6.03. The largest absolute Gasteiger partial charge is 0.417 e. The summed E-state index contributed by atoms with van der Waals surface area (Å²) in [6, 6.07) is 4.39. The smallest absolute Gasteiger partial charge is 0.330 e. The second-order valence-corrected chi connectivity index (χ2v) is 5.44. The number of aromatic nitrogens is 4. The number of hydrogen-bond acceptors (Lipinski definition) is 4. The van der Waals surface area contributed by atoms with Gasteiger partial charge < -0.3 is 5.73 Å². The highest BCUT2D eigenvalue weighted by molar-refractivity contribution is 5.85. The van der Waals surface area contributed by atoms with Crippen LogP contribution in [0.15, 0.2) is 30.6 Å². The van der Waals surface area contributed by atoms with Crippen molar-refractivity contribution in [1.29, 1.82) is 0 Å². The molecule has 0 aliphatic rings. The third-order valence-corrected chi connectivity index (χ3v) is 3.71. The molecule has 0 saturated heterocycles. The Bertz CT molecular complexity index is 856. The maximum absolute atomic E-state index is 13.6. The van der Waals surface area contributed by atoms with Crippen molar-refractivity contribution in [3.05, 3.63) is 41.9 Å². The first-order chi connectivity index (χ1) is 11.4. The zero-order valence-corrected chi connectivity index (χ0v) is 13.0. The van der Waals surface area contributed by atoms with Crippen LogP contribution in [-0.4, -0.2) is 26.3 Å². The number of nitrogens with zero attached hydrogens (tertiary/aromatic N) is 4. The molecular formula is C16H16F3N5. The highest BCUT2D eigenvalue weighted by atomic mass is 19.4. The van der Waals surface area contributed by atoms with Crippen LogP contribution >= 0.6 is 0 Å². The van der Waals surface area contributed by atoms with Crippen molar-refractivity contribution in [2.24, 2.45) is 5.73 Å². The molecule has 0 unspecified atom stereocenters. The van der Waals surface area contributed by atoms with Gasteiger partial charge in [0.25, 0.3) is 0 Å². The summed E-state index contributed by atoms with van der Waals surface area (Å²) >= 11 is 0. The summed E-state index contributed by atoms with van der Waals surface area (Å²) in [6.45, 7) is 2.40. The Morgan fingerprint density at radius 2 is 2.08 bits per heavy atom. The molecule has 0 aliphatic carbocycles. The number of halogens is 3. The van der Waals surface area contributed by atoms with E-state index in [2.05, 4.69) is 15.1 Å². The fourth-order valence-corrected chi connectivity index (χ4v) is 2.64. The van der Waals surface area contributed by atoms with Gasteiger partial charge >= 0.3 is 6.18 Å². The van der Waals surface area contributed by atoms with Gasteiger partial charge in [0.05, 0.1) is 22.3 Å². The molecule has 8 heteroatoms. The number of nitrogens with two attached hydrogens (primary N) is 1. The highest BCUT2D eigenvalue weighted by Gasteiger charge is 2.35. The van der Waals surface area contributed by atoms with Crippen LogP contribution in [0.4, 0.5) is 13.2 Å². The zero-order chi connectivity index (χ0) is 17.3. The molecule has 0 atom stereocenters. The van der Waals surface area contributed by atoms with Crippen LogP contribution < -0.4 is 5.73 Å². The van der Waals surface area contributed by atoms with Crippen LogP contribution in [0.1, 0.15) is 17.7 Å². The van der Waals surface area contributed by atoms with E-state index in [1.807, 2.05) is 0 Å². The van der Waals surface area contributed by atoms with Crippen LogP contribution in [0.25, 0.3) is 22.3 Å². The van der Waals surface area contributed by atoms with E-state index in [0.717, 1.165) is 6.07 Å². The predicted octanol–water partition coefficient (Wildman–Crippen LogP) is 3.17. The van der Waals surface area contributed by atoms with Crippen molar-refractivity contribution >= 4 is 11.0 Å². The Kier molecular flexibility index (Phi) is 4.23. The molecule has 5 nitrogen and oxygen atoms in total. The lowest BCUT2D eigenvalue weighted by Crippen LogP contribution is -2.09. The molecule has 0 aliphatic heterocycles. The molecule has 3 aromatic heterocycles. The van der Waals surface area contributed by atoms with E-state index >= 15 is 0 Å². The Morgan fingerprint density at radius 3 is 2.71 bits per heavy atom. The fraction of sp³-hybridized carbons (Fsp3) is 0.312. The van der Waals surface area contributed by atoms with E-state index in [1.54, 1.807) is 25.3 Å². The van der Waals surface area contributed by atoms with Crippen molar-refractivity contribution in [1.82, 2.24) is 19.7 Å². The fourth-order valence-electron chi connectivity index (χ4n) is 2.64. The second-order valence-electron chi connectivity index (χ2n) is 5.44. The van der Waals surface area contributed by atoms with Crippen LogP contribution in [0, 0.1) is 6.92 Å². The minimum absolute atomic E-state index is 0.0344. The van der Waals surface area contributed by atoms with E-state index < -0.39 is 11.7 Å². The number of hydrogen-bond donors (Lipinski definition) is 1. The van der Waals surface area contributed by atoms with E-state index in [4.69, 9.17) is 5.73 Å². The van der Waals surface area contributed by atoms with Gasteiger partial charge in [-0.05, 0) is 38.1 Å². The van der Waals surface area contributed by atoms with Gasteiger partial charge in [0, 0.05) is 24.5 Å². The summed E-state index contributed by atoms with van der Waals surface area (Å²) < 4.78 is 42.2. The van der Waals surface area contributed by atoms with Crippen LogP contribution in [0.2, 0.25) is 0 Å². The normalized spacial score (nSPS) is 12.0. The molecule has 0 aromatic carbocycles. The Labute approximate surface area is 136 Å². The van der Waals surface area contributed by atoms with Crippen molar-refractivity contribution in [3.8, 4) is 11.3 Å². The lowest BCUT2D eigenvalue weighted by atomic mass is 10.1. The molecular weight excluding hydrogens is 319 g/mol. The average Bonchev–Trinajstić information content (AvgIpc) is 2.88. The molecule has 3 heterocycles. The Balaban J connectivity index is 2.28. The molecule has 3 rings (SSSR count). The first-order valence-corrected chi connectivity index (χ1v) is 7.47. The van der Waals surface area contributed by atoms with Gasteiger partial charge in [-0.25, -0.2) is 9.67 Å². The standard InChI is InChI=1S/C16H16F3N5/c1-10-14-12(16(17,18)19)8-13(11-4-2-6-21-9-11)22-15(14)24(23-10)7-3-5-20/h2,4,6,8-9H,3,5,7,20H2,1H3. The molecule has 2 N–H and O–H groups in total. The molecule has 126 valence electrons. The van der Waals surface area contributed by atoms with E-state index in [1.165, 1.54) is 10.9 Å². The van der Waals surface area contributed by atoms with Crippen molar-refractivity contribution < 1.29 is 13.2 Å². The number of fused-ring (bicyclic) bond motifs is 1. The lowest BCUT2D eigenvalue weighted by molar-refractivity contribution is -0.136. The summed E-state index contributed by atoms with van der Waals surface area (Å²) in [7, 11) is 0. The van der Waals surface area contributed by atoms with Crippen molar-refractivity contribution in [2.45, 2.75) is 26.1 Å². The van der Waals surface area contributed by atoms with Gasteiger partial charge in [0.2, 0.25) is 0 Å². The molecule has 24 heavy (non-hydrogen) atoms. The average molecular weight is 335 g/mol. The first kappa shape index (κ1) is 16.4. The summed E-state index contributed by atoms with van der Waals surface area (Å²) in [5, 5.41) is 4.25. The molecule has 0 saturated carbocycles. The van der Waals surface area contributed by atoms with Gasteiger partial charge in [-0.15, -0.1) is 0 Å². The Morgan fingerprint density at radius 1 is 1.29 bits per heavy atom. The first-order valence-electron chi connectivity index (χ1n) is 7.47. The van der Waals surface area contributed by atoms with Gasteiger partial charge in [-0.2, -0.15) is 18.3 Å². The zero-order valence-electron chi connectivity index (χ0n) is 13.0. The van der Waals surface area contributed by atoms with Gasteiger partial charge in [0.15, 0.2) is 5.65 Å². The van der Waals surface area contributed by atoms with Gasteiger partial charge in [-0.3, -0.25) is 4.98 Å². The predicted molar refractivity (Wildman–Crippen MR) is 84.2 cm³/mol.